The van der Waals surface area contributed by atoms with Crippen LogP contribution < -0.4 is 0 Å². The highest BCUT2D eigenvalue weighted by Crippen LogP contribution is 2.49. The molecule has 0 aromatic carbocycles. The summed E-state index contributed by atoms with van der Waals surface area (Å²) >= 11 is 0. The summed E-state index contributed by atoms with van der Waals surface area (Å²) in [6, 6.07) is 0.971. The molecule has 1 saturated carbocycles. The standard InChI is InChI=1S/C25H46N4/c1-20-3-9-26(10-4-20)15-16-27-11-7-22(17-27)8-12-28-18-23-24(19-28)25(23)29-13-5-21(2)6-14-29/h20-25H,3-19H2,1-2H3. The van der Waals surface area contributed by atoms with Crippen LogP contribution in [0.1, 0.15) is 52.4 Å². The molecule has 166 valence electrons. The summed E-state index contributed by atoms with van der Waals surface area (Å²) < 4.78 is 0. The zero-order valence-corrected chi connectivity index (χ0v) is 19.3. The van der Waals surface area contributed by atoms with Gasteiger partial charge in [0.25, 0.3) is 0 Å². The number of nitrogens with zero attached hydrogens (tertiary/aromatic N) is 4. The third-order valence-corrected chi connectivity index (χ3v) is 9.30. The largest absolute Gasteiger partial charge is 0.303 e. The van der Waals surface area contributed by atoms with Gasteiger partial charge in [0.1, 0.15) is 0 Å². The van der Waals surface area contributed by atoms with Gasteiger partial charge in [0, 0.05) is 38.8 Å². The first-order valence-corrected chi connectivity index (χ1v) is 13.1. The maximum absolute atomic E-state index is 2.85. The van der Waals surface area contributed by atoms with Crippen molar-refractivity contribution in [2.75, 3.05) is 72.0 Å². The highest BCUT2D eigenvalue weighted by molar-refractivity contribution is 5.11. The minimum absolute atomic E-state index is 0.956. The maximum Gasteiger partial charge on any atom is 0.0184 e. The predicted molar refractivity (Wildman–Crippen MR) is 121 cm³/mol. The molecule has 4 aliphatic heterocycles. The molecule has 0 amide bonds. The van der Waals surface area contributed by atoms with Gasteiger partial charge in [-0.3, -0.25) is 4.90 Å². The van der Waals surface area contributed by atoms with Crippen molar-refractivity contribution in [2.24, 2.45) is 29.6 Å². The van der Waals surface area contributed by atoms with Crippen molar-refractivity contribution in [3.63, 3.8) is 0 Å². The van der Waals surface area contributed by atoms with Crippen LogP contribution in [0.5, 0.6) is 0 Å². The Morgan fingerprint density at radius 2 is 1.17 bits per heavy atom. The van der Waals surface area contributed by atoms with Gasteiger partial charge >= 0.3 is 0 Å². The quantitative estimate of drug-likeness (QED) is 0.649. The summed E-state index contributed by atoms with van der Waals surface area (Å²) in [5, 5.41) is 0. The monoisotopic (exact) mass is 402 g/mol. The molecule has 0 N–H and O–H groups in total. The van der Waals surface area contributed by atoms with Crippen LogP contribution >= 0.6 is 0 Å². The molecule has 4 heteroatoms. The van der Waals surface area contributed by atoms with Crippen molar-refractivity contribution in [3.8, 4) is 0 Å². The fourth-order valence-corrected chi connectivity index (χ4v) is 6.92. The number of rotatable bonds is 7. The fourth-order valence-electron chi connectivity index (χ4n) is 6.92. The molecule has 3 unspecified atom stereocenters. The second-order valence-electron chi connectivity index (χ2n) is 11.6. The van der Waals surface area contributed by atoms with E-state index in [-0.39, 0.29) is 0 Å². The number of likely N-dealkylation sites (tertiary alicyclic amines) is 4. The van der Waals surface area contributed by atoms with E-state index in [2.05, 4.69) is 33.4 Å². The molecule has 5 fully saturated rings. The predicted octanol–water partition coefficient (Wildman–Crippen LogP) is 3.09. The Hall–Kier alpha value is -0.160. The number of fused-ring (bicyclic) bond motifs is 1. The van der Waals surface area contributed by atoms with Gasteiger partial charge in [0.15, 0.2) is 0 Å². The maximum atomic E-state index is 2.85. The molecular formula is C25H46N4. The number of hydrogen-bond acceptors (Lipinski definition) is 4. The van der Waals surface area contributed by atoms with Gasteiger partial charge in [-0.05, 0) is 107 Å². The van der Waals surface area contributed by atoms with Crippen molar-refractivity contribution in [2.45, 2.75) is 58.4 Å². The van der Waals surface area contributed by atoms with Gasteiger partial charge < -0.3 is 14.7 Å². The lowest BCUT2D eigenvalue weighted by Gasteiger charge is -2.33. The van der Waals surface area contributed by atoms with E-state index in [1.165, 1.54) is 111 Å². The second-order valence-corrected chi connectivity index (χ2v) is 11.6. The second kappa shape index (κ2) is 9.14. The molecule has 0 spiro atoms. The van der Waals surface area contributed by atoms with Crippen molar-refractivity contribution < 1.29 is 0 Å². The Labute approximate surface area is 180 Å². The zero-order valence-electron chi connectivity index (χ0n) is 19.3. The van der Waals surface area contributed by atoms with Gasteiger partial charge in [0.05, 0.1) is 0 Å². The van der Waals surface area contributed by atoms with E-state index in [0.29, 0.717) is 0 Å². The summed E-state index contributed by atoms with van der Waals surface area (Å²) in [6.45, 7) is 19.8. The third-order valence-electron chi connectivity index (χ3n) is 9.30. The van der Waals surface area contributed by atoms with Crippen molar-refractivity contribution in [3.05, 3.63) is 0 Å². The van der Waals surface area contributed by atoms with E-state index in [0.717, 1.165) is 35.6 Å². The Morgan fingerprint density at radius 1 is 0.586 bits per heavy atom. The average molecular weight is 403 g/mol. The zero-order chi connectivity index (χ0) is 19.8. The molecule has 0 aromatic rings. The van der Waals surface area contributed by atoms with Crippen LogP contribution in [0.15, 0.2) is 0 Å². The smallest absolute Gasteiger partial charge is 0.0184 e. The molecule has 1 aliphatic carbocycles. The highest BCUT2D eigenvalue weighted by atomic mass is 15.3. The van der Waals surface area contributed by atoms with Crippen LogP contribution in [0.2, 0.25) is 0 Å². The van der Waals surface area contributed by atoms with Gasteiger partial charge in [0.2, 0.25) is 0 Å². The normalized spacial score (nSPS) is 38.7. The van der Waals surface area contributed by atoms with E-state index in [1.54, 1.807) is 0 Å². The lowest BCUT2D eigenvalue weighted by Crippen LogP contribution is -2.40. The first-order chi connectivity index (χ1) is 14.2. The topological polar surface area (TPSA) is 13.0 Å². The number of piperidine rings is 3. The first-order valence-electron chi connectivity index (χ1n) is 13.1. The summed E-state index contributed by atoms with van der Waals surface area (Å²) in [5.41, 5.74) is 0. The SMILES string of the molecule is CC1CCN(CCN2CCC(CCN3CC4C(C3)C4N3CCC(C)CC3)C2)CC1. The molecule has 0 radical (unpaired) electrons. The van der Waals surface area contributed by atoms with Gasteiger partial charge in [-0.25, -0.2) is 0 Å². The van der Waals surface area contributed by atoms with Gasteiger partial charge in [-0.15, -0.1) is 0 Å². The summed E-state index contributed by atoms with van der Waals surface area (Å²) in [7, 11) is 0. The number of hydrogen-bond donors (Lipinski definition) is 0. The van der Waals surface area contributed by atoms with Crippen molar-refractivity contribution in [1.29, 1.82) is 0 Å². The molecular weight excluding hydrogens is 356 g/mol. The van der Waals surface area contributed by atoms with Crippen LogP contribution in [0.3, 0.4) is 0 Å². The minimum Gasteiger partial charge on any atom is -0.303 e. The van der Waals surface area contributed by atoms with Crippen molar-refractivity contribution in [1.82, 2.24) is 19.6 Å². The molecule has 3 atom stereocenters. The summed E-state index contributed by atoms with van der Waals surface area (Å²) in [4.78, 5) is 11.1. The van der Waals surface area contributed by atoms with Crippen LogP contribution in [0.25, 0.3) is 0 Å². The molecule has 0 bridgehead atoms. The van der Waals surface area contributed by atoms with Crippen LogP contribution in [0.4, 0.5) is 0 Å². The molecule has 4 saturated heterocycles. The Bertz CT molecular complexity index is 511. The molecule has 5 rings (SSSR count). The van der Waals surface area contributed by atoms with E-state index >= 15 is 0 Å². The van der Waals surface area contributed by atoms with Crippen LogP contribution in [-0.4, -0.2) is 97.6 Å². The van der Waals surface area contributed by atoms with Gasteiger partial charge in [-0.2, -0.15) is 0 Å². The van der Waals surface area contributed by atoms with E-state index in [1.807, 2.05) is 0 Å². The third kappa shape index (κ3) is 5.02. The Morgan fingerprint density at radius 3 is 1.86 bits per heavy atom. The molecule has 5 aliphatic rings. The summed E-state index contributed by atoms with van der Waals surface area (Å²) in [6.07, 6.45) is 8.61. The Kier molecular flexibility index (Phi) is 6.53. The average Bonchev–Trinajstić information content (AvgIpc) is 3.08. The van der Waals surface area contributed by atoms with Gasteiger partial charge in [-0.1, -0.05) is 13.8 Å². The molecule has 4 nitrogen and oxygen atoms in total. The van der Waals surface area contributed by atoms with E-state index in [4.69, 9.17) is 0 Å². The minimum atomic E-state index is 0.956. The first kappa shape index (κ1) is 20.7. The Balaban J connectivity index is 0.949. The fraction of sp³-hybridized carbons (Fsp3) is 1.00. The lowest BCUT2D eigenvalue weighted by molar-refractivity contribution is 0.148. The molecule has 29 heavy (non-hydrogen) atoms. The van der Waals surface area contributed by atoms with Crippen molar-refractivity contribution >= 4 is 0 Å². The summed E-state index contributed by atoms with van der Waals surface area (Å²) in [5.74, 6) is 4.94. The highest BCUT2D eigenvalue weighted by Gasteiger charge is 2.57. The molecule has 0 aromatic heterocycles. The van der Waals surface area contributed by atoms with E-state index < -0.39 is 0 Å². The lowest BCUT2D eigenvalue weighted by atomic mass is 9.99. The molecule has 4 heterocycles. The van der Waals surface area contributed by atoms with Crippen LogP contribution in [-0.2, 0) is 0 Å². The van der Waals surface area contributed by atoms with Crippen LogP contribution in [0, 0.1) is 29.6 Å². The van der Waals surface area contributed by atoms with E-state index in [9.17, 15) is 0 Å².